The average molecular weight is 572 g/mol. The SMILES string of the molecule is CCc1sc(SCc2cc(N3CCOCC3)cc(N(Cc3cccc(C)n3)C(=O)OC(C)(C)C)n2)nc1CO. The van der Waals surface area contributed by atoms with Crippen LogP contribution in [0.1, 0.15) is 55.3 Å². The molecule has 0 atom stereocenters. The Morgan fingerprint density at radius 2 is 1.95 bits per heavy atom. The molecular weight excluding hydrogens is 534 g/mol. The fourth-order valence-electron chi connectivity index (χ4n) is 4.14. The summed E-state index contributed by atoms with van der Waals surface area (Å²) in [7, 11) is 0. The van der Waals surface area contributed by atoms with E-state index in [1.54, 1.807) is 28.0 Å². The van der Waals surface area contributed by atoms with Crippen molar-refractivity contribution in [3.05, 3.63) is 58.0 Å². The smallest absolute Gasteiger partial charge is 0.416 e. The molecule has 3 aromatic rings. The van der Waals surface area contributed by atoms with Gasteiger partial charge in [0.25, 0.3) is 0 Å². The highest BCUT2D eigenvalue weighted by Crippen LogP contribution is 2.32. The van der Waals surface area contributed by atoms with Crippen LogP contribution in [0.5, 0.6) is 0 Å². The lowest BCUT2D eigenvalue weighted by molar-refractivity contribution is 0.0576. The molecule has 0 aromatic carbocycles. The molecule has 0 unspecified atom stereocenters. The molecule has 1 aliphatic heterocycles. The Morgan fingerprint density at radius 1 is 1.18 bits per heavy atom. The Balaban J connectivity index is 1.69. The van der Waals surface area contributed by atoms with Crippen molar-refractivity contribution in [2.75, 3.05) is 36.1 Å². The number of carbonyl (C=O) groups excluding carboxylic acids is 1. The maximum absolute atomic E-state index is 13.5. The number of thioether (sulfide) groups is 1. The maximum atomic E-state index is 13.5. The van der Waals surface area contributed by atoms with Crippen molar-refractivity contribution in [1.82, 2.24) is 15.0 Å². The number of hydrogen-bond acceptors (Lipinski definition) is 10. The predicted octanol–water partition coefficient (Wildman–Crippen LogP) is 5.37. The van der Waals surface area contributed by atoms with Gasteiger partial charge in [0.2, 0.25) is 0 Å². The first-order valence-electron chi connectivity index (χ1n) is 13.1. The molecule has 1 saturated heterocycles. The zero-order valence-electron chi connectivity index (χ0n) is 23.3. The lowest BCUT2D eigenvalue weighted by Crippen LogP contribution is -2.38. The van der Waals surface area contributed by atoms with Crippen molar-refractivity contribution in [1.29, 1.82) is 0 Å². The molecule has 4 heterocycles. The maximum Gasteiger partial charge on any atom is 0.416 e. The number of aliphatic hydroxyl groups is 1. The summed E-state index contributed by atoms with van der Waals surface area (Å²) in [6.07, 6.45) is 0.358. The number of nitrogens with zero attached hydrogens (tertiary/aromatic N) is 5. The van der Waals surface area contributed by atoms with Crippen molar-refractivity contribution in [2.24, 2.45) is 0 Å². The van der Waals surface area contributed by atoms with Crippen molar-refractivity contribution in [2.45, 2.75) is 69.9 Å². The van der Waals surface area contributed by atoms with E-state index in [0.29, 0.717) is 24.8 Å². The minimum atomic E-state index is -0.665. The lowest BCUT2D eigenvalue weighted by atomic mass is 10.2. The van der Waals surface area contributed by atoms with E-state index in [0.717, 1.165) is 57.2 Å². The van der Waals surface area contributed by atoms with Crippen LogP contribution < -0.4 is 9.80 Å². The number of aromatic nitrogens is 3. The molecule has 39 heavy (non-hydrogen) atoms. The summed E-state index contributed by atoms with van der Waals surface area (Å²) >= 11 is 3.19. The van der Waals surface area contributed by atoms with E-state index in [1.165, 1.54) is 0 Å². The summed E-state index contributed by atoms with van der Waals surface area (Å²) in [5, 5.41) is 9.65. The van der Waals surface area contributed by atoms with E-state index < -0.39 is 11.7 Å². The molecule has 0 saturated carbocycles. The van der Waals surface area contributed by atoms with Crippen LogP contribution in [0.3, 0.4) is 0 Å². The summed E-state index contributed by atoms with van der Waals surface area (Å²) in [5.74, 6) is 1.08. The van der Waals surface area contributed by atoms with Crippen molar-refractivity contribution in [3.63, 3.8) is 0 Å². The van der Waals surface area contributed by atoms with Crippen molar-refractivity contribution < 1.29 is 19.4 Å². The highest BCUT2D eigenvalue weighted by atomic mass is 32.2. The van der Waals surface area contributed by atoms with Crippen LogP contribution in [0.15, 0.2) is 34.7 Å². The molecule has 9 nitrogen and oxygen atoms in total. The van der Waals surface area contributed by atoms with Gasteiger partial charge in [-0.15, -0.1) is 11.3 Å². The third-order valence-electron chi connectivity index (χ3n) is 5.96. The average Bonchev–Trinajstić information content (AvgIpc) is 3.32. The number of thiazole rings is 1. The number of carbonyl (C=O) groups is 1. The number of aliphatic hydroxyl groups excluding tert-OH is 1. The topological polar surface area (TPSA) is 101 Å². The molecule has 1 fully saturated rings. The third kappa shape index (κ3) is 8.14. The normalized spacial score (nSPS) is 13.9. The number of anilines is 2. The quantitative estimate of drug-likeness (QED) is 0.340. The first-order chi connectivity index (χ1) is 18.6. The molecule has 0 radical (unpaired) electrons. The predicted molar refractivity (Wildman–Crippen MR) is 156 cm³/mol. The van der Waals surface area contributed by atoms with E-state index in [2.05, 4.69) is 27.9 Å². The van der Waals surface area contributed by atoms with Crippen LogP contribution in [-0.2, 0) is 34.8 Å². The number of pyridine rings is 2. The summed E-state index contributed by atoms with van der Waals surface area (Å²) in [5.41, 5.74) is 3.50. The molecule has 11 heteroatoms. The van der Waals surface area contributed by atoms with E-state index in [1.807, 2.05) is 52.0 Å². The van der Waals surface area contributed by atoms with Gasteiger partial charge in [-0.2, -0.15) is 0 Å². The van der Waals surface area contributed by atoms with Crippen LogP contribution in [0.25, 0.3) is 0 Å². The van der Waals surface area contributed by atoms with Crippen LogP contribution in [-0.4, -0.2) is 58.1 Å². The van der Waals surface area contributed by atoms with Gasteiger partial charge in [-0.05, 0) is 52.3 Å². The van der Waals surface area contributed by atoms with E-state index in [4.69, 9.17) is 14.5 Å². The van der Waals surface area contributed by atoms with Crippen LogP contribution in [0.2, 0.25) is 0 Å². The number of morpholine rings is 1. The molecule has 0 bridgehead atoms. The highest BCUT2D eigenvalue weighted by molar-refractivity contribution is 8.00. The Morgan fingerprint density at radius 3 is 2.59 bits per heavy atom. The molecular formula is C28H37N5O4S2. The van der Waals surface area contributed by atoms with Gasteiger partial charge in [-0.3, -0.25) is 9.88 Å². The summed E-state index contributed by atoms with van der Waals surface area (Å²) in [6, 6.07) is 9.78. The lowest BCUT2D eigenvalue weighted by Gasteiger charge is -2.31. The second-order valence-electron chi connectivity index (χ2n) is 10.3. The van der Waals surface area contributed by atoms with Gasteiger partial charge in [0, 0.05) is 41.2 Å². The first-order valence-corrected chi connectivity index (χ1v) is 14.9. The largest absolute Gasteiger partial charge is 0.443 e. The van der Waals surface area contributed by atoms with Gasteiger partial charge in [-0.1, -0.05) is 24.8 Å². The monoisotopic (exact) mass is 571 g/mol. The molecule has 1 amide bonds. The standard InChI is InChI=1S/C28H37N5O4S2/c1-6-24-23(17-34)31-26(39-24)38-18-21-14-22(32-10-12-36-13-11-32)15-25(30-21)33(27(35)37-28(3,4)5)16-20-9-7-8-19(2)29-20/h7-9,14-15,34H,6,10-13,16-18H2,1-5H3. The molecule has 1 N–H and O–H groups in total. The molecule has 1 aliphatic rings. The van der Waals surface area contributed by atoms with Gasteiger partial charge in [0.15, 0.2) is 4.34 Å². The van der Waals surface area contributed by atoms with Gasteiger partial charge in [-0.25, -0.2) is 14.8 Å². The molecule has 210 valence electrons. The Bertz CT molecular complexity index is 1250. The van der Waals surface area contributed by atoms with Gasteiger partial charge in [0.05, 0.1) is 43.4 Å². The number of rotatable bonds is 9. The molecule has 4 rings (SSSR count). The number of ether oxygens (including phenoxy) is 2. The minimum absolute atomic E-state index is 0.0625. The minimum Gasteiger partial charge on any atom is -0.443 e. The fraction of sp³-hybridized carbons (Fsp3) is 0.500. The fourth-order valence-corrected chi connectivity index (χ4v) is 6.18. The van der Waals surface area contributed by atoms with Gasteiger partial charge in [0.1, 0.15) is 11.4 Å². The summed E-state index contributed by atoms with van der Waals surface area (Å²) in [4.78, 5) is 32.6. The van der Waals surface area contributed by atoms with Crippen molar-refractivity contribution >= 4 is 40.7 Å². The third-order valence-corrected chi connectivity index (χ3v) is 8.37. The highest BCUT2D eigenvalue weighted by Gasteiger charge is 2.27. The summed E-state index contributed by atoms with van der Waals surface area (Å²) in [6.45, 7) is 12.5. The first kappa shape index (κ1) is 29.3. The number of aryl methyl sites for hydroxylation is 2. The Kier molecular flexibility index (Phi) is 9.81. The van der Waals surface area contributed by atoms with Crippen LogP contribution in [0.4, 0.5) is 16.3 Å². The van der Waals surface area contributed by atoms with E-state index >= 15 is 0 Å². The van der Waals surface area contributed by atoms with Gasteiger partial charge < -0.3 is 19.5 Å². The molecule has 3 aromatic heterocycles. The van der Waals surface area contributed by atoms with Crippen molar-refractivity contribution in [3.8, 4) is 0 Å². The zero-order chi connectivity index (χ0) is 28.0. The van der Waals surface area contributed by atoms with Crippen LogP contribution in [0, 0.1) is 6.92 Å². The van der Waals surface area contributed by atoms with Crippen LogP contribution >= 0.6 is 23.1 Å². The Hall–Kier alpha value is -2.73. The molecule has 0 spiro atoms. The van der Waals surface area contributed by atoms with Gasteiger partial charge >= 0.3 is 6.09 Å². The second-order valence-corrected chi connectivity index (χ2v) is 12.6. The van der Waals surface area contributed by atoms with E-state index in [-0.39, 0.29) is 13.2 Å². The van der Waals surface area contributed by atoms with E-state index in [9.17, 15) is 9.90 Å². The number of amides is 1. The second kappa shape index (κ2) is 13.1. The number of hydrogen-bond donors (Lipinski definition) is 1. The summed E-state index contributed by atoms with van der Waals surface area (Å²) < 4.78 is 12.3. The zero-order valence-corrected chi connectivity index (χ0v) is 24.9. The molecule has 0 aliphatic carbocycles. The Labute approximate surface area is 238 Å².